The lowest BCUT2D eigenvalue weighted by molar-refractivity contribution is 0.174. The minimum Gasteiger partial charge on any atom is -0.506 e. The molecule has 6 rings (SSSR count). The van der Waals surface area contributed by atoms with Gasteiger partial charge in [-0.3, -0.25) is 9.79 Å². The van der Waals surface area contributed by atoms with Crippen molar-refractivity contribution in [2.75, 3.05) is 12.1 Å². The summed E-state index contributed by atoms with van der Waals surface area (Å²) >= 11 is 0. The number of nitrogens with one attached hydrogen (secondary N) is 1. The van der Waals surface area contributed by atoms with Gasteiger partial charge in [0.05, 0.1) is 28.6 Å². The number of nitrogens with zero attached hydrogens (tertiary/aromatic N) is 2. The van der Waals surface area contributed by atoms with Crippen LogP contribution in [0.15, 0.2) is 76.5 Å². The Morgan fingerprint density at radius 2 is 1.82 bits per heavy atom. The highest BCUT2D eigenvalue weighted by Crippen LogP contribution is 2.40. The molecular weight excluding hydrogens is 418 g/mol. The number of anilines is 1. The van der Waals surface area contributed by atoms with Crippen molar-refractivity contribution < 1.29 is 14.6 Å². The van der Waals surface area contributed by atoms with Crippen LogP contribution in [-0.4, -0.2) is 22.2 Å². The normalized spacial score (nSPS) is 16.6. The van der Waals surface area contributed by atoms with Gasteiger partial charge < -0.3 is 24.5 Å². The summed E-state index contributed by atoms with van der Waals surface area (Å²) in [7, 11) is 1.71. The van der Waals surface area contributed by atoms with Crippen LogP contribution in [0.4, 0.5) is 11.4 Å². The Morgan fingerprint density at radius 1 is 1.03 bits per heavy atom. The predicted octanol–water partition coefficient (Wildman–Crippen LogP) is 4.65. The number of aryl methyl sites for hydroxylation is 1. The van der Waals surface area contributed by atoms with Crippen LogP contribution in [0.3, 0.4) is 0 Å². The molecule has 2 N–H and O–H groups in total. The average Bonchev–Trinajstić information content (AvgIpc) is 3.22. The number of pyridine rings is 1. The Bertz CT molecular complexity index is 1510. The molecule has 7 nitrogen and oxygen atoms in total. The highest BCUT2D eigenvalue weighted by atomic mass is 16.7. The van der Waals surface area contributed by atoms with Crippen molar-refractivity contribution in [3.05, 3.63) is 88.2 Å². The maximum absolute atomic E-state index is 13.4. The molecule has 0 saturated carbocycles. The number of rotatable bonds is 2. The Labute approximate surface area is 189 Å². The fourth-order valence-electron chi connectivity index (χ4n) is 4.54. The summed E-state index contributed by atoms with van der Waals surface area (Å²) in [5.74, 6) is 1.36. The number of aliphatic imine (C=N–C) groups is 1. The van der Waals surface area contributed by atoms with E-state index < -0.39 is 0 Å². The van der Waals surface area contributed by atoms with Crippen LogP contribution in [0.5, 0.6) is 17.2 Å². The molecular formula is C26H21N3O4. The average molecular weight is 439 g/mol. The van der Waals surface area contributed by atoms with Gasteiger partial charge in [-0.05, 0) is 42.0 Å². The first-order chi connectivity index (χ1) is 16.1. The first kappa shape index (κ1) is 19.4. The highest BCUT2D eigenvalue weighted by Gasteiger charge is 2.27. The minimum absolute atomic E-state index is 0.0451. The third kappa shape index (κ3) is 3.12. The second-order valence-corrected chi connectivity index (χ2v) is 8.19. The summed E-state index contributed by atoms with van der Waals surface area (Å²) in [4.78, 5) is 18.2. The zero-order chi connectivity index (χ0) is 22.5. The minimum atomic E-state index is -0.284. The molecule has 0 unspecified atom stereocenters. The van der Waals surface area contributed by atoms with E-state index in [4.69, 9.17) is 14.5 Å². The lowest BCUT2D eigenvalue weighted by atomic mass is 9.96. The SMILES string of the molecule is Cn1c(=O)c(C2=Nc3ccccc3N[C@@H](c3ccc4c(c3)OCO4)C2)c(O)c2ccccc21. The summed E-state index contributed by atoms with van der Waals surface area (Å²) in [6.45, 7) is 0.202. The van der Waals surface area contributed by atoms with Crippen LogP contribution in [0, 0.1) is 0 Å². The van der Waals surface area contributed by atoms with Crippen LogP contribution in [0.1, 0.15) is 23.6 Å². The standard InChI is InChI=1S/C26H21N3O4/c1-29-21-9-5-2-6-16(21)25(30)24(26(29)31)20-13-19(27-17-7-3-4-8-18(17)28-20)15-10-11-22-23(12-15)33-14-32-22/h2-12,19,27,30H,13-14H2,1H3/t19-/m1/s1. The van der Waals surface area contributed by atoms with Gasteiger partial charge in [0.1, 0.15) is 11.3 Å². The number of benzene rings is 3. The first-order valence-corrected chi connectivity index (χ1v) is 10.7. The van der Waals surface area contributed by atoms with E-state index in [0.29, 0.717) is 40.2 Å². The smallest absolute Gasteiger partial charge is 0.263 e. The monoisotopic (exact) mass is 439 g/mol. The van der Waals surface area contributed by atoms with Crippen molar-refractivity contribution in [1.82, 2.24) is 4.57 Å². The summed E-state index contributed by atoms with van der Waals surface area (Å²) < 4.78 is 12.6. The fourth-order valence-corrected chi connectivity index (χ4v) is 4.54. The molecule has 0 saturated heterocycles. The van der Waals surface area contributed by atoms with Crippen molar-refractivity contribution >= 4 is 28.0 Å². The molecule has 2 aliphatic heterocycles. The lowest BCUT2D eigenvalue weighted by Crippen LogP contribution is -2.26. The maximum atomic E-state index is 13.4. The number of hydrogen-bond donors (Lipinski definition) is 2. The number of ether oxygens (including phenoxy) is 2. The van der Waals surface area contributed by atoms with Crippen molar-refractivity contribution in [1.29, 1.82) is 0 Å². The van der Waals surface area contributed by atoms with E-state index in [1.807, 2.05) is 66.7 Å². The quantitative estimate of drug-likeness (QED) is 0.475. The van der Waals surface area contributed by atoms with Gasteiger partial charge in [-0.25, -0.2) is 0 Å². The molecule has 0 bridgehead atoms. The van der Waals surface area contributed by atoms with Gasteiger partial charge in [0, 0.05) is 18.9 Å². The van der Waals surface area contributed by atoms with E-state index in [0.717, 1.165) is 11.3 Å². The van der Waals surface area contributed by atoms with Crippen LogP contribution in [0.2, 0.25) is 0 Å². The third-order valence-corrected chi connectivity index (χ3v) is 6.25. The largest absolute Gasteiger partial charge is 0.506 e. The van der Waals surface area contributed by atoms with Gasteiger partial charge in [0.25, 0.3) is 5.56 Å². The van der Waals surface area contributed by atoms with Crippen LogP contribution in [0.25, 0.3) is 10.9 Å². The predicted molar refractivity (Wildman–Crippen MR) is 127 cm³/mol. The molecule has 0 fully saturated rings. The van der Waals surface area contributed by atoms with Crippen molar-refractivity contribution in [3.63, 3.8) is 0 Å². The van der Waals surface area contributed by atoms with Gasteiger partial charge in [-0.2, -0.15) is 0 Å². The maximum Gasteiger partial charge on any atom is 0.263 e. The van der Waals surface area contributed by atoms with Crippen LogP contribution < -0.4 is 20.3 Å². The molecule has 3 heterocycles. The summed E-state index contributed by atoms with van der Waals surface area (Å²) in [6, 6.07) is 20.6. The number of fused-ring (bicyclic) bond motifs is 3. The topological polar surface area (TPSA) is 85.1 Å². The molecule has 0 spiro atoms. The van der Waals surface area contributed by atoms with E-state index in [1.165, 1.54) is 0 Å². The second kappa shape index (κ2) is 7.41. The summed E-state index contributed by atoms with van der Waals surface area (Å²) in [5.41, 5.74) is 3.68. The van der Waals surface area contributed by atoms with Gasteiger partial charge in [0.15, 0.2) is 11.5 Å². The third-order valence-electron chi connectivity index (χ3n) is 6.25. The number of aromatic nitrogens is 1. The summed E-state index contributed by atoms with van der Waals surface area (Å²) in [6.07, 6.45) is 0.398. The van der Waals surface area contributed by atoms with Crippen molar-refractivity contribution in [2.24, 2.45) is 12.0 Å². The molecule has 2 aliphatic rings. The molecule has 0 radical (unpaired) electrons. The number of aromatic hydroxyl groups is 1. The number of para-hydroxylation sites is 3. The van der Waals surface area contributed by atoms with Gasteiger partial charge in [0.2, 0.25) is 6.79 Å². The molecule has 1 atom stereocenters. The molecule has 164 valence electrons. The van der Waals surface area contributed by atoms with Crippen LogP contribution >= 0.6 is 0 Å². The molecule has 7 heteroatoms. The zero-order valence-electron chi connectivity index (χ0n) is 17.9. The Balaban J connectivity index is 1.54. The fraction of sp³-hybridized carbons (Fsp3) is 0.154. The van der Waals surface area contributed by atoms with Crippen molar-refractivity contribution in [3.8, 4) is 17.2 Å². The highest BCUT2D eigenvalue weighted by molar-refractivity contribution is 6.09. The summed E-state index contributed by atoms with van der Waals surface area (Å²) in [5, 5.41) is 15.3. The van der Waals surface area contributed by atoms with Gasteiger partial charge in [-0.15, -0.1) is 0 Å². The molecule has 0 amide bonds. The first-order valence-electron chi connectivity index (χ1n) is 10.7. The van der Waals surface area contributed by atoms with E-state index in [9.17, 15) is 9.90 Å². The molecule has 4 aromatic rings. The Kier molecular flexibility index (Phi) is 4.36. The van der Waals surface area contributed by atoms with E-state index >= 15 is 0 Å². The molecule has 3 aromatic carbocycles. The van der Waals surface area contributed by atoms with E-state index in [-0.39, 0.29) is 29.7 Å². The second-order valence-electron chi connectivity index (χ2n) is 8.19. The van der Waals surface area contributed by atoms with E-state index in [1.54, 1.807) is 11.6 Å². The Hall–Kier alpha value is -4.26. The van der Waals surface area contributed by atoms with E-state index in [2.05, 4.69) is 5.32 Å². The van der Waals surface area contributed by atoms with Crippen LogP contribution in [-0.2, 0) is 7.05 Å². The number of hydrogen-bond acceptors (Lipinski definition) is 6. The zero-order valence-corrected chi connectivity index (χ0v) is 17.9. The Morgan fingerprint density at radius 3 is 2.73 bits per heavy atom. The molecule has 0 aliphatic carbocycles. The molecule has 1 aromatic heterocycles. The van der Waals surface area contributed by atoms with Crippen molar-refractivity contribution in [2.45, 2.75) is 12.5 Å². The molecule has 33 heavy (non-hydrogen) atoms. The van der Waals surface area contributed by atoms with Gasteiger partial charge >= 0.3 is 0 Å². The lowest BCUT2D eigenvalue weighted by Gasteiger charge is -2.20. The van der Waals surface area contributed by atoms with Gasteiger partial charge in [-0.1, -0.05) is 30.3 Å².